The zero-order chi connectivity index (χ0) is 30.1. The number of anilines is 2. The van der Waals surface area contributed by atoms with Gasteiger partial charge in [0, 0.05) is 24.5 Å². The van der Waals surface area contributed by atoms with Gasteiger partial charge in [0.25, 0.3) is 11.1 Å². The molecule has 0 saturated carbocycles. The average molecular weight is 574 g/mol. The SMILES string of the molecule is CCCCCn1ccc2cc(-c3ncc4c(n3)NC(=O)C4(C)C)c(F)cc2c1=O.Nc1cn[nH]c(=O)c1C(F)(F)F. The van der Waals surface area contributed by atoms with E-state index in [1.54, 1.807) is 42.0 Å². The fraction of sp³-hybridized carbons (Fsp3) is 0.333. The number of alkyl halides is 3. The summed E-state index contributed by atoms with van der Waals surface area (Å²) in [4.78, 5) is 44.0. The summed E-state index contributed by atoms with van der Waals surface area (Å²) in [6, 6.07) is 4.65. The van der Waals surface area contributed by atoms with Crippen LogP contribution < -0.4 is 22.2 Å². The summed E-state index contributed by atoms with van der Waals surface area (Å²) in [5.41, 5.74) is 1.45. The summed E-state index contributed by atoms with van der Waals surface area (Å²) >= 11 is 0. The van der Waals surface area contributed by atoms with Crippen LogP contribution in [0.3, 0.4) is 0 Å². The van der Waals surface area contributed by atoms with Gasteiger partial charge in [-0.25, -0.2) is 19.5 Å². The van der Waals surface area contributed by atoms with Gasteiger partial charge in [-0.3, -0.25) is 14.4 Å². The number of nitrogens with two attached hydrogens (primary N) is 1. The van der Waals surface area contributed by atoms with Crippen molar-refractivity contribution in [2.24, 2.45) is 0 Å². The maximum Gasteiger partial charge on any atom is 0.423 e. The lowest BCUT2D eigenvalue weighted by Crippen LogP contribution is -2.26. The number of amides is 1. The number of hydrogen-bond acceptors (Lipinski definition) is 7. The third kappa shape index (κ3) is 5.81. The molecule has 0 fully saturated rings. The minimum Gasteiger partial charge on any atom is -0.397 e. The summed E-state index contributed by atoms with van der Waals surface area (Å²) < 4.78 is 52.5. The van der Waals surface area contributed by atoms with Crippen molar-refractivity contribution >= 4 is 28.2 Å². The lowest BCUT2D eigenvalue weighted by Gasteiger charge is -2.14. The number of nitrogens with zero attached hydrogens (tertiary/aromatic N) is 4. The van der Waals surface area contributed by atoms with Crippen LogP contribution in [0.25, 0.3) is 22.2 Å². The van der Waals surface area contributed by atoms with Gasteiger partial charge in [-0.15, -0.1) is 0 Å². The summed E-state index contributed by atoms with van der Waals surface area (Å²) in [6.07, 6.45) is 2.33. The van der Waals surface area contributed by atoms with Crippen molar-refractivity contribution in [2.75, 3.05) is 11.1 Å². The summed E-state index contributed by atoms with van der Waals surface area (Å²) in [7, 11) is 0. The molecule has 0 bridgehead atoms. The van der Waals surface area contributed by atoms with Gasteiger partial charge in [-0.1, -0.05) is 19.8 Å². The molecule has 0 atom stereocenters. The smallest absolute Gasteiger partial charge is 0.397 e. The van der Waals surface area contributed by atoms with Crippen molar-refractivity contribution in [3.63, 3.8) is 0 Å². The van der Waals surface area contributed by atoms with Crippen LogP contribution in [0.4, 0.5) is 29.1 Å². The molecule has 41 heavy (non-hydrogen) atoms. The Kier molecular flexibility index (Phi) is 7.95. The number of H-pyrrole nitrogens is 1. The zero-order valence-corrected chi connectivity index (χ0v) is 22.4. The largest absolute Gasteiger partial charge is 0.423 e. The first-order valence-corrected chi connectivity index (χ1v) is 12.7. The number of hydrogen-bond donors (Lipinski definition) is 3. The van der Waals surface area contributed by atoms with Crippen LogP contribution in [0.2, 0.25) is 0 Å². The zero-order valence-electron chi connectivity index (χ0n) is 22.4. The van der Waals surface area contributed by atoms with E-state index in [1.165, 1.54) is 6.07 Å². The Morgan fingerprint density at radius 1 is 1.10 bits per heavy atom. The molecule has 1 aromatic carbocycles. The number of carbonyl (C=O) groups excluding carboxylic acids is 1. The molecule has 0 aliphatic carbocycles. The molecular formula is C27H27F4N7O3. The molecule has 14 heteroatoms. The molecule has 216 valence electrons. The molecule has 5 rings (SSSR count). The minimum atomic E-state index is -4.74. The summed E-state index contributed by atoms with van der Waals surface area (Å²) in [6.45, 7) is 6.31. The highest BCUT2D eigenvalue weighted by atomic mass is 19.4. The number of aryl methyl sites for hydroxylation is 1. The lowest BCUT2D eigenvalue weighted by molar-refractivity contribution is -0.138. The fourth-order valence-electron chi connectivity index (χ4n) is 4.34. The van der Waals surface area contributed by atoms with Gasteiger partial charge in [0.15, 0.2) is 5.82 Å². The van der Waals surface area contributed by atoms with E-state index in [1.807, 2.05) is 6.07 Å². The predicted molar refractivity (Wildman–Crippen MR) is 145 cm³/mol. The Balaban J connectivity index is 0.000000271. The van der Waals surface area contributed by atoms with E-state index in [-0.39, 0.29) is 22.9 Å². The molecule has 0 spiro atoms. The number of benzene rings is 1. The van der Waals surface area contributed by atoms with E-state index >= 15 is 0 Å². The summed E-state index contributed by atoms with van der Waals surface area (Å²) in [5.74, 6) is -0.157. The number of carbonyl (C=O) groups is 1. The Morgan fingerprint density at radius 2 is 1.83 bits per heavy atom. The minimum absolute atomic E-state index is 0.165. The quantitative estimate of drug-likeness (QED) is 0.237. The molecule has 1 aliphatic rings. The number of nitrogen functional groups attached to an aromatic ring is 1. The number of aromatic amines is 1. The van der Waals surface area contributed by atoms with Crippen LogP contribution in [0.1, 0.15) is 51.2 Å². The van der Waals surface area contributed by atoms with Gasteiger partial charge in [-0.05, 0) is 43.9 Å². The number of pyridine rings is 1. The van der Waals surface area contributed by atoms with E-state index in [0.717, 1.165) is 25.5 Å². The van der Waals surface area contributed by atoms with Crippen LogP contribution in [-0.4, -0.2) is 30.6 Å². The Morgan fingerprint density at radius 3 is 2.46 bits per heavy atom. The van der Waals surface area contributed by atoms with Gasteiger partial charge in [0.2, 0.25) is 5.91 Å². The second kappa shape index (κ2) is 11.1. The molecule has 4 heterocycles. The van der Waals surface area contributed by atoms with E-state index in [0.29, 0.717) is 28.7 Å². The lowest BCUT2D eigenvalue weighted by atomic mass is 9.88. The highest BCUT2D eigenvalue weighted by Crippen LogP contribution is 2.37. The van der Waals surface area contributed by atoms with Crippen molar-refractivity contribution in [3.8, 4) is 11.4 Å². The van der Waals surface area contributed by atoms with Crippen molar-refractivity contribution in [3.05, 3.63) is 74.4 Å². The van der Waals surface area contributed by atoms with E-state index in [2.05, 4.69) is 27.3 Å². The van der Waals surface area contributed by atoms with Crippen LogP contribution in [0.15, 0.2) is 46.4 Å². The fourth-order valence-corrected chi connectivity index (χ4v) is 4.34. The van der Waals surface area contributed by atoms with E-state index < -0.39 is 34.2 Å². The molecular weight excluding hydrogens is 546 g/mol. The molecule has 0 saturated heterocycles. The number of fused-ring (bicyclic) bond motifs is 2. The van der Waals surface area contributed by atoms with Gasteiger partial charge in [0.1, 0.15) is 17.2 Å². The van der Waals surface area contributed by atoms with Crippen LogP contribution in [0, 0.1) is 5.82 Å². The van der Waals surface area contributed by atoms with Gasteiger partial charge in [0.05, 0.1) is 28.2 Å². The van der Waals surface area contributed by atoms with Gasteiger partial charge in [-0.2, -0.15) is 18.3 Å². The third-order valence-electron chi connectivity index (χ3n) is 6.74. The molecule has 1 aliphatic heterocycles. The van der Waals surface area contributed by atoms with E-state index in [9.17, 15) is 31.9 Å². The highest BCUT2D eigenvalue weighted by molar-refractivity contribution is 6.04. The van der Waals surface area contributed by atoms with Crippen molar-refractivity contribution in [1.82, 2.24) is 24.7 Å². The average Bonchev–Trinajstić information content (AvgIpc) is 3.12. The Bertz CT molecular complexity index is 1750. The number of rotatable bonds is 5. The molecule has 3 aromatic heterocycles. The maximum absolute atomic E-state index is 14.9. The van der Waals surface area contributed by atoms with Gasteiger partial charge < -0.3 is 15.6 Å². The molecule has 10 nitrogen and oxygen atoms in total. The standard InChI is InChI=1S/C22H23FN4O2.C5H4F3N3O/c1-4-5-6-8-27-9-7-13-10-15(17(23)11-14(13)20(27)28)18-24-12-16-19(25-18)26-21(29)22(16,2)3;6-5(7,8)3-2(9)1-10-11-4(3)12/h7,9-12H,4-6,8H2,1-3H3,(H,24,25,26,29);1H,(H3,9,11,12). The van der Waals surface area contributed by atoms with Crippen LogP contribution in [-0.2, 0) is 22.9 Å². The monoisotopic (exact) mass is 573 g/mol. The predicted octanol–water partition coefficient (Wildman–Crippen LogP) is 4.39. The van der Waals surface area contributed by atoms with Gasteiger partial charge >= 0.3 is 6.18 Å². The first-order chi connectivity index (χ1) is 19.3. The normalized spacial score (nSPS) is 13.9. The first-order valence-electron chi connectivity index (χ1n) is 12.7. The second-order valence-corrected chi connectivity index (χ2v) is 10.0. The number of nitrogens with one attached hydrogen (secondary N) is 2. The summed E-state index contributed by atoms with van der Waals surface area (Å²) in [5, 5.41) is 8.43. The number of halogens is 4. The molecule has 4 N–H and O–H groups in total. The molecule has 4 aromatic rings. The Hall–Kier alpha value is -4.62. The molecule has 1 amide bonds. The van der Waals surface area contributed by atoms with Crippen molar-refractivity contribution in [1.29, 1.82) is 0 Å². The van der Waals surface area contributed by atoms with E-state index in [4.69, 9.17) is 5.73 Å². The third-order valence-corrected chi connectivity index (χ3v) is 6.74. The van der Waals surface area contributed by atoms with Crippen LogP contribution >= 0.6 is 0 Å². The first kappa shape index (κ1) is 29.4. The molecule has 0 unspecified atom stereocenters. The number of aromatic nitrogens is 5. The van der Waals surface area contributed by atoms with Crippen LogP contribution in [0.5, 0.6) is 0 Å². The second-order valence-electron chi connectivity index (χ2n) is 10.0. The maximum atomic E-state index is 14.9. The van der Waals surface area contributed by atoms with Crippen molar-refractivity contribution in [2.45, 2.75) is 58.2 Å². The van der Waals surface area contributed by atoms with Crippen molar-refractivity contribution < 1.29 is 22.4 Å². The topological polar surface area (TPSA) is 149 Å². The number of unbranched alkanes of at least 4 members (excludes halogenated alkanes) is 2. The Labute approximate surface area is 230 Å². The molecule has 0 radical (unpaired) electrons. The highest BCUT2D eigenvalue weighted by Gasteiger charge is 2.40.